The molecule has 2 N–H and O–H groups in total. The van der Waals surface area contributed by atoms with Gasteiger partial charge in [-0.25, -0.2) is 9.18 Å². The zero-order valence-electron chi connectivity index (χ0n) is 14.8. The van der Waals surface area contributed by atoms with Gasteiger partial charge < -0.3 is 15.4 Å². The average molecular weight is 358 g/mol. The van der Waals surface area contributed by atoms with Crippen LogP contribution in [0.3, 0.4) is 0 Å². The summed E-state index contributed by atoms with van der Waals surface area (Å²) < 4.78 is 17.9. The third kappa shape index (κ3) is 6.55. The van der Waals surface area contributed by atoms with Crippen LogP contribution >= 0.6 is 0 Å². The molecule has 0 radical (unpaired) electrons. The number of hydrogen-bond acceptors (Lipinski definition) is 3. The minimum atomic E-state index is -0.401. The second-order valence-corrected chi connectivity index (χ2v) is 5.82. The summed E-state index contributed by atoms with van der Waals surface area (Å²) in [7, 11) is 0. The van der Waals surface area contributed by atoms with Gasteiger partial charge in [-0.05, 0) is 54.8 Å². The number of halogens is 1. The molecule has 0 bridgehead atoms. The van der Waals surface area contributed by atoms with E-state index in [1.165, 1.54) is 24.3 Å². The van der Waals surface area contributed by atoms with Gasteiger partial charge in [0.05, 0.1) is 6.61 Å². The molecule has 138 valence electrons. The lowest BCUT2D eigenvalue weighted by Gasteiger charge is -2.08. The molecule has 0 aliphatic rings. The van der Waals surface area contributed by atoms with E-state index in [2.05, 4.69) is 10.6 Å². The molecular weight excluding hydrogens is 335 g/mol. The van der Waals surface area contributed by atoms with E-state index < -0.39 is 6.09 Å². The van der Waals surface area contributed by atoms with Gasteiger partial charge >= 0.3 is 6.09 Å². The third-order valence-corrected chi connectivity index (χ3v) is 3.73. The molecule has 0 spiro atoms. The fraction of sp³-hybridized carbons (Fsp3) is 0.300. The van der Waals surface area contributed by atoms with Crippen LogP contribution in [0.15, 0.2) is 48.5 Å². The van der Waals surface area contributed by atoms with Gasteiger partial charge in [0.15, 0.2) is 0 Å². The van der Waals surface area contributed by atoms with Crippen molar-refractivity contribution in [1.29, 1.82) is 0 Å². The van der Waals surface area contributed by atoms with Crippen LogP contribution in [0.25, 0.3) is 0 Å². The number of ether oxygens (including phenoxy) is 1. The summed E-state index contributed by atoms with van der Waals surface area (Å²) in [5, 5.41) is 5.46. The van der Waals surface area contributed by atoms with E-state index in [1.54, 1.807) is 12.1 Å². The Kier molecular flexibility index (Phi) is 7.61. The summed E-state index contributed by atoms with van der Waals surface area (Å²) in [6.45, 7) is 2.95. The third-order valence-electron chi connectivity index (χ3n) is 3.73. The van der Waals surface area contributed by atoms with Crippen LogP contribution in [0.1, 0.15) is 35.7 Å². The number of carbonyl (C=O) groups is 2. The topological polar surface area (TPSA) is 67.4 Å². The van der Waals surface area contributed by atoms with Crippen LogP contribution in [-0.4, -0.2) is 25.2 Å². The van der Waals surface area contributed by atoms with Gasteiger partial charge in [0.1, 0.15) is 5.82 Å². The molecule has 0 saturated carbocycles. The van der Waals surface area contributed by atoms with Crippen molar-refractivity contribution in [2.24, 2.45) is 0 Å². The predicted octanol–water partition coefficient (Wildman–Crippen LogP) is 4.15. The lowest BCUT2D eigenvalue weighted by molar-refractivity contribution is 0.102. The Bertz CT molecular complexity index is 715. The maximum Gasteiger partial charge on any atom is 0.407 e. The van der Waals surface area contributed by atoms with Crippen LogP contribution < -0.4 is 10.6 Å². The first-order valence-corrected chi connectivity index (χ1v) is 8.65. The van der Waals surface area contributed by atoms with Crippen LogP contribution in [0.4, 0.5) is 14.9 Å². The number of benzene rings is 2. The molecule has 0 aliphatic carbocycles. The molecule has 0 aromatic heterocycles. The van der Waals surface area contributed by atoms with E-state index in [0.717, 1.165) is 18.4 Å². The maximum atomic E-state index is 12.9. The molecule has 0 atom stereocenters. The minimum absolute atomic E-state index is 0.297. The van der Waals surface area contributed by atoms with E-state index in [4.69, 9.17) is 4.74 Å². The molecule has 0 unspecified atom stereocenters. The number of hydrogen-bond donors (Lipinski definition) is 2. The zero-order chi connectivity index (χ0) is 18.8. The number of rotatable bonds is 8. The molecule has 0 aliphatic heterocycles. The monoisotopic (exact) mass is 358 g/mol. The lowest BCUT2D eigenvalue weighted by atomic mass is 10.1. The fourth-order valence-electron chi connectivity index (χ4n) is 2.23. The molecule has 26 heavy (non-hydrogen) atoms. The molecule has 2 aromatic carbocycles. The number of unbranched alkanes of at least 4 members (excludes halogenated alkanes) is 1. The van der Waals surface area contributed by atoms with Crippen LogP contribution in [0, 0.1) is 5.82 Å². The highest BCUT2D eigenvalue weighted by molar-refractivity contribution is 6.04. The SMILES string of the molecule is CCCCOC(=O)NCCc1ccc(NC(=O)c2ccc(F)cc2)cc1. The van der Waals surface area contributed by atoms with Crippen molar-refractivity contribution in [1.82, 2.24) is 5.32 Å². The predicted molar refractivity (Wildman–Crippen MR) is 98.8 cm³/mol. The Morgan fingerprint density at radius 2 is 1.73 bits per heavy atom. The van der Waals surface area contributed by atoms with Crippen molar-refractivity contribution in [3.63, 3.8) is 0 Å². The summed E-state index contributed by atoms with van der Waals surface area (Å²) in [6.07, 6.45) is 2.10. The first-order valence-electron chi connectivity index (χ1n) is 8.65. The number of nitrogens with one attached hydrogen (secondary N) is 2. The molecule has 2 rings (SSSR count). The van der Waals surface area contributed by atoms with Crippen LogP contribution in [0.2, 0.25) is 0 Å². The summed E-state index contributed by atoms with van der Waals surface area (Å²) in [6, 6.07) is 12.7. The van der Waals surface area contributed by atoms with Crippen LogP contribution in [-0.2, 0) is 11.2 Å². The summed E-state index contributed by atoms with van der Waals surface area (Å²) in [5.41, 5.74) is 2.06. The summed E-state index contributed by atoms with van der Waals surface area (Å²) >= 11 is 0. The molecule has 0 heterocycles. The average Bonchev–Trinajstić information content (AvgIpc) is 2.64. The first kappa shape index (κ1) is 19.4. The Morgan fingerprint density at radius 1 is 1.04 bits per heavy atom. The molecule has 6 heteroatoms. The van der Waals surface area contributed by atoms with Crippen molar-refractivity contribution in [3.05, 3.63) is 65.5 Å². The van der Waals surface area contributed by atoms with Crippen molar-refractivity contribution >= 4 is 17.7 Å². The van der Waals surface area contributed by atoms with E-state index >= 15 is 0 Å². The van der Waals surface area contributed by atoms with Gasteiger partial charge in [-0.15, -0.1) is 0 Å². The smallest absolute Gasteiger partial charge is 0.407 e. The van der Waals surface area contributed by atoms with Gasteiger partial charge in [0.2, 0.25) is 0 Å². The Labute approximate surface area is 152 Å². The second-order valence-electron chi connectivity index (χ2n) is 5.82. The number of anilines is 1. The minimum Gasteiger partial charge on any atom is -0.450 e. The Morgan fingerprint density at radius 3 is 2.38 bits per heavy atom. The molecule has 5 nitrogen and oxygen atoms in total. The van der Waals surface area contributed by atoms with Gasteiger partial charge in [0.25, 0.3) is 5.91 Å². The van der Waals surface area contributed by atoms with Gasteiger partial charge in [-0.3, -0.25) is 4.79 Å². The van der Waals surface area contributed by atoms with E-state index in [-0.39, 0.29) is 11.7 Å². The van der Waals surface area contributed by atoms with Gasteiger partial charge in [0, 0.05) is 17.8 Å². The van der Waals surface area contributed by atoms with E-state index in [1.807, 2.05) is 19.1 Å². The maximum absolute atomic E-state index is 12.9. The molecule has 2 amide bonds. The molecule has 0 fully saturated rings. The van der Waals surface area contributed by atoms with E-state index in [0.29, 0.717) is 30.8 Å². The fourth-order valence-corrected chi connectivity index (χ4v) is 2.23. The van der Waals surface area contributed by atoms with Crippen molar-refractivity contribution in [2.75, 3.05) is 18.5 Å². The summed E-state index contributed by atoms with van der Waals surface area (Å²) in [5.74, 6) is -0.678. The Balaban J connectivity index is 1.76. The zero-order valence-corrected chi connectivity index (χ0v) is 14.8. The number of alkyl carbamates (subject to hydrolysis) is 1. The second kappa shape index (κ2) is 10.2. The summed E-state index contributed by atoms with van der Waals surface area (Å²) in [4.78, 5) is 23.5. The molecular formula is C20H23FN2O3. The molecule has 2 aromatic rings. The lowest BCUT2D eigenvalue weighted by Crippen LogP contribution is -2.26. The number of carbonyl (C=O) groups excluding carboxylic acids is 2. The largest absolute Gasteiger partial charge is 0.450 e. The molecule has 0 saturated heterocycles. The van der Waals surface area contributed by atoms with Crippen molar-refractivity contribution in [2.45, 2.75) is 26.2 Å². The highest BCUT2D eigenvalue weighted by Gasteiger charge is 2.06. The van der Waals surface area contributed by atoms with Crippen molar-refractivity contribution in [3.8, 4) is 0 Å². The van der Waals surface area contributed by atoms with E-state index in [9.17, 15) is 14.0 Å². The van der Waals surface area contributed by atoms with Gasteiger partial charge in [-0.1, -0.05) is 25.5 Å². The first-order chi connectivity index (χ1) is 12.6. The van der Waals surface area contributed by atoms with Crippen molar-refractivity contribution < 1.29 is 18.7 Å². The quantitative estimate of drug-likeness (QED) is 0.697. The Hall–Kier alpha value is -2.89. The number of amides is 2. The highest BCUT2D eigenvalue weighted by atomic mass is 19.1. The normalized spacial score (nSPS) is 10.2. The van der Waals surface area contributed by atoms with Gasteiger partial charge in [-0.2, -0.15) is 0 Å². The van der Waals surface area contributed by atoms with Crippen LogP contribution in [0.5, 0.6) is 0 Å². The highest BCUT2D eigenvalue weighted by Crippen LogP contribution is 2.12. The standard InChI is InChI=1S/C20H23FN2O3/c1-2-3-14-26-20(25)22-13-12-15-4-10-18(11-5-15)23-19(24)16-6-8-17(21)9-7-16/h4-11H,2-3,12-14H2,1H3,(H,22,25)(H,23,24).